The topological polar surface area (TPSA) is 38.7 Å². The smallest absolute Gasteiger partial charge is 0.164 e. The second kappa shape index (κ2) is 10.6. The van der Waals surface area contributed by atoms with Crippen LogP contribution in [-0.4, -0.2) is 15.0 Å². The SMILES string of the molecule is CC1(C)c2ccccc2-c2cccc(-c3nc(-c4ccccc4)nc(-c4ccc5cc(-c6ccc7ccccc7c6)ccc5c4)n3)c21. The summed E-state index contributed by atoms with van der Waals surface area (Å²) >= 11 is 0. The third-order valence-electron chi connectivity index (χ3n) is 9.67. The van der Waals surface area contributed by atoms with Crippen LogP contribution < -0.4 is 0 Å². The Labute approximate surface area is 274 Å². The summed E-state index contributed by atoms with van der Waals surface area (Å²) in [6.07, 6.45) is 0. The molecule has 0 fully saturated rings. The van der Waals surface area contributed by atoms with Crippen molar-refractivity contribution in [1.82, 2.24) is 15.0 Å². The van der Waals surface area contributed by atoms with Crippen LogP contribution in [0.25, 0.3) is 78.0 Å². The fourth-order valence-electron chi connectivity index (χ4n) is 7.31. The van der Waals surface area contributed by atoms with E-state index in [1.165, 1.54) is 49.5 Å². The van der Waals surface area contributed by atoms with Crippen molar-refractivity contribution in [2.24, 2.45) is 0 Å². The highest BCUT2D eigenvalue weighted by Gasteiger charge is 2.38. The van der Waals surface area contributed by atoms with E-state index in [0.29, 0.717) is 17.5 Å². The van der Waals surface area contributed by atoms with Gasteiger partial charge in [0.15, 0.2) is 17.5 Å². The molecule has 1 heterocycles. The fraction of sp³-hybridized carbons (Fsp3) is 0.0682. The van der Waals surface area contributed by atoms with E-state index in [4.69, 9.17) is 15.0 Å². The van der Waals surface area contributed by atoms with Crippen molar-refractivity contribution in [3.05, 3.63) is 163 Å². The van der Waals surface area contributed by atoms with E-state index in [0.717, 1.165) is 22.1 Å². The first-order valence-corrected chi connectivity index (χ1v) is 16.1. The van der Waals surface area contributed by atoms with Crippen LogP contribution in [0.1, 0.15) is 25.0 Å². The van der Waals surface area contributed by atoms with Crippen LogP contribution in [-0.2, 0) is 5.41 Å². The van der Waals surface area contributed by atoms with Gasteiger partial charge in [0.2, 0.25) is 0 Å². The average molecular weight is 602 g/mol. The van der Waals surface area contributed by atoms with Gasteiger partial charge in [-0.2, -0.15) is 0 Å². The molecule has 9 rings (SSSR count). The van der Waals surface area contributed by atoms with Gasteiger partial charge < -0.3 is 0 Å². The minimum atomic E-state index is -0.187. The van der Waals surface area contributed by atoms with E-state index in [-0.39, 0.29) is 5.41 Å². The summed E-state index contributed by atoms with van der Waals surface area (Å²) in [6, 6.07) is 53.8. The summed E-state index contributed by atoms with van der Waals surface area (Å²) in [7, 11) is 0. The average Bonchev–Trinajstić information content (AvgIpc) is 3.37. The van der Waals surface area contributed by atoms with E-state index in [9.17, 15) is 0 Å². The standard InChI is InChI=1S/C44H31N3/c1-44(2)39-18-9-8-15-36(39)37-16-10-17-38(40(37)44)43-46-41(29-12-4-3-5-13-29)45-42(47-43)35-24-23-33-26-32(21-22-34(33)27-35)31-20-19-28-11-6-7-14-30(28)25-31/h3-27H,1-2H3. The van der Waals surface area contributed by atoms with Crippen LogP contribution in [0.5, 0.6) is 0 Å². The Kier molecular flexibility index (Phi) is 6.16. The fourth-order valence-corrected chi connectivity index (χ4v) is 7.31. The molecule has 0 radical (unpaired) electrons. The highest BCUT2D eigenvalue weighted by atomic mass is 15.0. The van der Waals surface area contributed by atoms with Gasteiger partial charge in [-0.05, 0) is 73.1 Å². The zero-order chi connectivity index (χ0) is 31.5. The van der Waals surface area contributed by atoms with Gasteiger partial charge in [-0.25, -0.2) is 15.0 Å². The van der Waals surface area contributed by atoms with Crippen molar-refractivity contribution in [3.63, 3.8) is 0 Å². The maximum atomic E-state index is 5.18. The second-order valence-corrected chi connectivity index (χ2v) is 12.9. The Hall–Kier alpha value is -5.93. The van der Waals surface area contributed by atoms with Crippen molar-refractivity contribution in [2.75, 3.05) is 0 Å². The predicted octanol–water partition coefficient (Wildman–Crippen LogP) is 11.2. The number of benzene rings is 7. The molecular formula is C44H31N3. The van der Waals surface area contributed by atoms with Crippen LogP contribution in [0.2, 0.25) is 0 Å². The monoisotopic (exact) mass is 601 g/mol. The normalized spacial score (nSPS) is 13.1. The zero-order valence-electron chi connectivity index (χ0n) is 26.3. The lowest BCUT2D eigenvalue weighted by molar-refractivity contribution is 0.661. The molecule has 0 unspecified atom stereocenters. The molecule has 47 heavy (non-hydrogen) atoms. The number of fused-ring (bicyclic) bond motifs is 5. The van der Waals surface area contributed by atoms with Crippen molar-refractivity contribution in [3.8, 4) is 56.4 Å². The predicted molar refractivity (Wildman–Crippen MR) is 194 cm³/mol. The van der Waals surface area contributed by atoms with E-state index < -0.39 is 0 Å². The molecule has 0 saturated heterocycles. The van der Waals surface area contributed by atoms with E-state index in [1.54, 1.807) is 0 Å². The van der Waals surface area contributed by atoms with Crippen molar-refractivity contribution in [1.29, 1.82) is 0 Å². The van der Waals surface area contributed by atoms with Gasteiger partial charge in [-0.3, -0.25) is 0 Å². The Balaban J connectivity index is 1.18. The van der Waals surface area contributed by atoms with Crippen LogP contribution in [0.15, 0.2) is 152 Å². The molecule has 0 N–H and O–H groups in total. The molecular weight excluding hydrogens is 571 g/mol. The van der Waals surface area contributed by atoms with Gasteiger partial charge in [-0.1, -0.05) is 147 Å². The Morgan fingerprint density at radius 1 is 0.362 bits per heavy atom. The molecule has 3 heteroatoms. The summed E-state index contributed by atoms with van der Waals surface area (Å²) < 4.78 is 0. The molecule has 8 aromatic rings. The molecule has 0 amide bonds. The van der Waals surface area contributed by atoms with Gasteiger partial charge >= 0.3 is 0 Å². The molecule has 1 aliphatic rings. The minimum Gasteiger partial charge on any atom is -0.208 e. The van der Waals surface area contributed by atoms with Crippen LogP contribution in [0, 0.1) is 0 Å². The Morgan fingerprint density at radius 3 is 1.64 bits per heavy atom. The molecule has 0 saturated carbocycles. The van der Waals surface area contributed by atoms with Gasteiger partial charge in [-0.15, -0.1) is 0 Å². The van der Waals surface area contributed by atoms with Gasteiger partial charge in [0.05, 0.1) is 0 Å². The second-order valence-electron chi connectivity index (χ2n) is 12.9. The minimum absolute atomic E-state index is 0.187. The van der Waals surface area contributed by atoms with E-state index >= 15 is 0 Å². The Morgan fingerprint density at radius 2 is 0.872 bits per heavy atom. The highest BCUT2D eigenvalue weighted by Crippen LogP contribution is 2.51. The van der Waals surface area contributed by atoms with Gasteiger partial charge in [0, 0.05) is 22.1 Å². The van der Waals surface area contributed by atoms with Gasteiger partial charge in [0.1, 0.15) is 0 Å². The summed E-state index contributed by atoms with van der Waals surface area (Å²) in [6.45, 7) is 4.60. The van der Waals surface area contributed by atoms with Crippen molar-refractivity contribution >= 4 is 21.5 Å². The summed E-state index contributed by atoms with van der Waals surface area (Å²) in [5.41, 5.74) is 10.3. The van der Waals surface area contributed by atoms with E-state index in [1.807, 2.05) is 18.2 Å². The van der Waals surface area contributed by atoms with Crippen LogP contribution >= 0.6 is 0 Å². The molecule has 0 bridgehead atoms. The molecule has 1 aromatic heterocycles. The van der Waals surface area contributed by atoms with Crippen molar-refractivity contribution < 1.29 is 0 Å². The number of nitrogens with zero attached hydrogens (tertiary/aromatic N) is 3. The lowest BCUT2D eigenvalue weighted by Crippen LogP contribution is -2.17. The molecule has 0 atom stereocenters. The first kappa shape index (κ1) is 27.4. The maximum Gasteiger partial charge on any atom is 0.164 e. The summed E-state index contributed by atoms with van der Waals surface area (Å²) in [5, 5.41) is 4.82. The quantitative estimate of drug-likeness (QED) is 0.201. The summed E-state index contributed by atoms with van der Waals surface area (Å²) in [4.78, 5) is 15.3. The number of hydrogen-bond donors (Lipinski definition) is 0. The largest absolute Gasteiger partial charge is 0.208 e. The third kappa shape index (κ3) is 4.54. The molecule has 3 nitrogen and oxygen atoms in total. The lowest BCUT2D eigenvalue weighted by Gasteiger charge is -2.24. The first-order chi connectivity index (χ1) is 23.0. The lowest BCUT2D eigenvalue weighted by atomic mass is 9.80. The number of aromatic nitrogens is 3. The molecule has 0 spiro atoms. The zero-order valence-corrected chi connectivity index (χ0v) is 26.3. The third-order valence-corrected chi connectivity index (χ3v) is 9.67. The van der Waals surface area contributed by atoms with Crippen LogP contribution in [0.3, 0.4) is 0 Å². The highest BCUT2D eigenvalue weighted by molar-refractivity contribution is 5.93. The van der Waals surface area contributed by atoms with Crippen LogP contribution in [0.4, 0.5) is 0 Å². The Bertz CT molecular complexity index is 2490. The number of rotatable bonds is 4. The molecule has 222 valence electrons. The molecule has 1 aliphatic carbocycles. The summed E-state index contributed by atoms with van der Waals surface area (Å²) in [5.74, 6) is 2.03. The van der Waals surface area contributed by atoms with Crippen molar-refractivity contribution in [2.45, 2.75) is 19.3 Å². The van der Waals surface area contributed by atoms with Gasteiger partial charge in [0.25, 0.3) is 0 Å². The molecule has 0 aliphatic heterocycles. The van der Waals surface area contributed by atoms with E-state index in [2.05, 4.69) is 147 Å². The number of hydrogen-bond acceptors (Lipinski definition) is 3. The first-order valence-electron chi connectivity index (χ1n) is 16.1. The maximum absolute atomic E-state index is 5.18. The molecule has 7 aromatic carbocycles.